The van der Waals surface area contributed by atoms with E-state index in [1.165, 1.54) is 0 Å². The van der Waals surface area contributed by atoms with Crippen LogP contribution in [0.25, 0.3) is 11.0 Å². The predicted octanol–water partition coefficient (Wildman–Crippen LogP) is 1.35. The molecule has 0 saturated heterocycles. The molecule has 1 aromatic heterocycles. The smallest absolute Gasteiger partial charge is 0.256 e. The topological polar surface area (TPSA) is 96.7 Å². The van der Waals surface area contributed by atoms with Crippen LogP contribution >= 0.6 is 0 Å². The van der Waals surface area contributed by atoms with Crippen molar-refractivity contribution in [2.24, 2.45) is 4.40 Å². The highest BCUT2D eigenvalue weighted by atomic mass is 32.2. The van der Waals surface area contributed by atoms with E-state index in [1.807, 2.05) is 31.2 Å². The summed E-state index contributed by atoms with van der Waals surface area (Å²) >= 11 is 0. The number of aryl methyl sites for hydroxylation is 2. The summed E-state index contributed by atoms with van der Waals surface area (Å²) in [6, 6.07) is 7.95. The molecular formula is C19H21N5O3S. The van der Waals surface area contributed by atoms with E-state index in [1.54, 1.807) is 23.3 Å². The summed E-state index contributed by atoms with van der Waals surface area (Å²) in [4.78, 5) is 18.8. The molecule has 0 saturated carbocycles. The van der Waals surface area contributed by atoms with Crippen molar-refractivity contribution < 1.29 is 13.2 Å². The molecule has 28 heavy (non-hydrogen) atoms. The molecule has 1 N–H and O–H groups in total. The van der Waals surface area contributed by atoms with E-state index in [4.69, 9.17) is 0 Å². The summed E-state index contributed by atoms with van der Waals surface area (Å²) in [6.07, 6.45) is 5.79. The van der Waals surface area contributed by atoms with Crippen molar-refractivity contribution in [3.05, 3.63) is 54.0 Å². The molecule has 0 spiro atoms. The number of aromatic nitrogens is 2. The molecule has 0 fully saturated rings. The molecule has 1 amide bonds. The SMILES string of the molecule is Cc1nc2ccccc2n1CCCNC(=O)C1=CC=CN2CCS(=O)(=O)N=C12. The highest BCUT2D eigenvalue weighted by Crippen LogP contribution is 2.18. The zero-order valence-electron chi connectivity index (χ0n) is 15.5. The van der Waals surface area contributed by atoms with Crippen LogP contribution in [0.2, 0.25) is 0 Å². The lowest BCUT2D eigenvalue weighted by Gasteiger charge is -2.28. The minimum atomic E-state index is -3.52. The van der Waals surface area contributed by atoms with Gasteiger partial charge in [-0.25, -0.2) is 13.4 Å². The number of amidine groups is 1. The maximum absolute atomic E-state index is 12.6. The van der Waals surface area contributed by atoms with Crippen LogP contribution in [-0.2, 0) is 21.4 Å². The van der Waals surface area contributed by atoms with E-state index in [2.05, 4.69) is 19.3 Å². The van der Waals surface area contributed by atoms with Crippen molar-refractivity contribution in [3.8, 4) is 0 Å². The zero-order valence-corrected chi connectivity index (χ0v) is 16.3. The van der Waals surface area contributed by atoms with Crippen molar-refractivity contribution in [2.75, 3.05) is 18.8 Å². The maximum Gasteiger partial charge on any atom is 0.256 e. The fraction of sp³-hybridized carbons (Fsp3) is 0.316. The van der Waals surface area contributed by atoms with E-state index in [9.17, 15) is 13.2 Å². The number of hydrogen-bond acceptors (Lipinski definition) is 5. The molecule has 0 aliphatic carbocycles. The van der Waals surface area contributed by atoms with E-state index in [-0.39, 0.29) is 23.1 Å². The monoisotopic (exact) mass is 399 g/mol. The molecule has 0 bridgehead atoms. The van der Waals surface area contributed by atoms with Crippen LogP contribution < -0.4 is 5.32 Å². The van der Waals surface area contributed by atoms with Gasteiger partial charge in [-0.3, -0.25) is 4.79 Å². The fourth-order valence-corrected chi connectivity index (χ4v) is 4.39. The number of fused-ring (bicyclic) bond motifs is 2. The third-order valence-electron chi connectivity index (χ3n) is 4.79. The second-order valence-electron chi connectivity index (χ2n) is 6.73. The number of carbonyl (C=O) groups is 1. The third-order valence-corrected chi connectivity index (χ3v) is 5.94. The molecule has 2 aliphatic rings. The number of benzene rings is 1. The molecule has 0 atom stereocenters. The second-order valence-corrected chi connectivity index (χ2v) is 8.48. The van der Waals surface area contributed by atoms with Gasteiger partial charge in [-0.1, -0.05) is 12.1 Å². The molecular weight excluding hydrogens is 378 g/mol. The standard InChI is InChI=1S/C19H21N5O3S/c1-14-21-16-7-2-3-8-17(16)24(14)11-5-9-20-19(25)15-6-4-10-23-12-13-28(26,27)22-18(15)23/h2-4,6-8,10H,5,9,11-13H2,1H3,(H,20,25). The van der Waals surface area contributed by atoms with Crippen LogP contribution in [0.4, 0.5) is 0 Å². The Bertz CT molecular complexity index is 1130. The number of para-hydroxylation sites is 2. The Balaban J connectivity index is 1.39. The zero-order chi connectivity index (χ0) is 19.7. The summed E-state index contributed by atoms with van der Waals surface area (Å²) in [6.45, 7) is 3.46. The Morgan fingerprint density at radius 1 is 1.29 bits per heavy atom. The van der Waals surface area contributed by atoms with E-state index < -0.39 is 10.0 Å². The second kappa shape index (κ2) is 7.23. The minimum Gasteiger partial charge on any atom is -0.352 e. The van der Waals surface area contributed by atoms with Crippen molar-refractivity contribution >= 4 is 32.8 Å². The molecule has 3 heterocycles. The van der Waals surface area contributed by atoms with Gasteiger partial charge in [-0.15, -0.1) is 4.40 Å². The van der Waals surface area contributed by atoms with Gasteiger partial charge >= 0.3 is 0 Å². The first-order valence-electron chi connectivity index (χ1n) is 9.13. The maximum atomic E-state index is 12.6. The molecule has 0 unspecified atom stereocenters. The van der Waals surface area contributed by atoms with Crippen LogP contribution in [0.5, 0.6) is 0 Å². The molecule has 2 aliphatic heterocycles. The van der Waals surface area contributed by atoms with Gasteiger partial charge < -0.3 is 14.8 Å². The van der Waals surface area contributed by atoms with E-state index in [0.29, 0.717) is 13.1 Å². The fourth-order valence-electron chi connectivity index (χ4n) is 3.41. The summed E-state index contributed by atoms with van der Waals surface area (Å²) in [7, 11) is -3.52. The lowest BCUT2D eigenvalue weighted by atomic mass is 10.1. The van der Waals surface area contributed by atoms with Gasteiger partial charge in [0.25, 0.3) is 15.9 Å². The van der Waals surface area contributed by atoms with Gasteiger partial charge in [0.1, 0.15) is 5.82 Å². The van der Waals surface area contributed by atoms with Crippen molar-refractivity contribution in [1.82, 2.24) is 19.8 Å². The van der Waals surface area contributed by atoms with Crippen molar-refractivity contribution in [2.45, 2.75) is 19.9 Å². The lowest BCUT2D eigenvalue weighted by molar-refractivity contribution is -0.117. The number of amides is 1. The quantitative estimate of drug-likeness (QED) is 0.766. The number of sulfonamides is 1. The largest absolute Gasteiger partial charge is 0.352 e. The lowest BCUT2D eigenvalue weighted by Crippen LogP contribution is -2.42. The van der Waals surface area contributed by atoms with Crippen molar-refractivity contribution in [3.63, 3.8) is 0 Å². The van der Waals surface area contributed by atoms with Crippen molar-refractivity contribution in [1.29, 1.82) is 0 Å². The van der Waals surface area contributed by atoms with Crippen LogP contribution in [0.1, 0.15) is 12.2 Å². The average molecular weight is 399 g/mol. The highest BCUT2D eigenvalue weighted by molar-refractivity contribution is 7.90. The predicted molar refractivity (Wildman–Crippen MR) is 107 cm³/mol. The normalized spacial score (nSPS) is 17.8. The first kappa shape index (κ1) is 18.4. The van der Waals surface area contributed by atoms with E-state index >= 15 is 0 Å². The Kier molecular flexibility index (Phi) is 4.76. The molecule has 146 valence electrons. The molecule has 2 aromatic rings. The number of imidazole rings is 1. The number of nitrogens with one attached hydrogen (secondary N) is 1. The van der Waals surface area contributed by atoms with Crippen LogP contribution in [0.3, 0.4) is 0 Å². The van der Waals surface area contributed by atoms with Crippen LogP contribution in [-0.4, -0.2) is 53.5 Å². The van der Waals surface area contributed by atoms with Gasteiger partial charge in [0.15, 0.2) is 5.84 Å². The minimum absolute atomic E-state index is 0.0477. The van der Waals surface area contributed by atoms with Gasteiger partial charge in [0.05, 0.1) is 22.4 Å². The number of hydrogen-bond donors (Lipinski definition) is 1. The Hall–Kier alpha value is -2.94. The number of nitrogens with zero attached hydrogens (tertiary/aromatic N) is 4. The highest BCUT2D eigenvalue weighted by Gasteiger charge is 2.29. The summed E-state index contributed by atoms with van der Waals surface area (Å²) in [5.41, 5.74) is 2.30. The molecule has 1 aromatic carbocycles. The molecule has 9 heteroatoms. The Morgan fingerprint density at radius 3 is 2.96 bits per heavy atom. The summed E-state index contributed by atoms with van der Waals surface area (Å²) in [5, 5.41) is 2.87. The van der Waals surface area contributed by atoms with Gasteiger partial charge in [0.2, 0.25) is 0 Å². The molecule has 0 radical (unpaired) electrons. The third kappa shape index (κ3) is 3.57. The van der Waals surface area contributed by atoms with Gasteiger partial charge in [-0.05, 0) is 37.6 Å². The summed E-state index contributed by atoms with van der Waals surface area (Å²) in [5.74, 6) is 0.763. The number of carbonyl (C=O) groups excluding carboxylic acids is 1. The first-order chi connectivity index (χ1) is 13.4. The van der Waals surface area contributed by atoms with Crippen LogP contribution in [0, 0.1) is 6.92 Å². The first-order valence-corrected chi connectivity index (χ1v) is 10.7. The summed E-state index contributed by atoms with van der Waals surface area (Å²) < 4.78 is 29.5. The number of rotatable bonds is 5. The van der Waals surface area contributed by atoms with E-state index in [0.717, 1.165) is 29.8 Å². The molecule has 4 rings (SSSR count). The van der Waals surface area contributed by atoms with Crippen LogP contribution in [0.15, 0.2) is 52.6 Å². The molecule has 8 nitrogen and oxygen atoms in total. The van der Waals surface area contributed by atoms with Gasteiger partial charge in [0, 0.05) is 25.8 Å². The average Bonchev–Trinajstić information content (AvgIpc) is 2.99. The Morgan fingerprint density at radius 2 is 2.11 bits per heavy atom. The number of allylic oxidation sites excluding steroid dienone is 2. The Labute approximate surface area is 163 Å². The van der Waals surface area contributed by atoms with Gasteiger partial charge in [-0.2, -0.15) is 0 Å².